The molecule has 2 aromatic carbocycles. The van der Waals surface area contributed by atoms with Gasteiger partial charge in [0.05, 0.1) is 17.8 Å². The Hall–Kier alpha value is -2.37. The molecule has 0 bridgehead atoms. The van der Waals surface area contributed by atoms with E-state index >= 15 is 0 Å². The number of aryl methyl sites for hydroxylation is 1. The van der Waals surface area contributed by atoms with Crippen LogP contribution in [0.1, 0.15) is 27.2 Å². The Kier molecular flexibility index (Phi) is 5.59. The average Bonchev–Trinajstić information content (AvgIpc) is 2.89. The van der Waals surface area contributed by atoms with Crippen LogP contribution in [0.3, 0.4) is 0 Å². The molecular formula is C19H16Cl2FN3O. The zero-order valence-corrected chi connectivity index (χ0v) is 15.5. The first-order valence-electron chi connectivity index (χ1n) is 7.94. The monoisotopic (exact) mass is 391 g/mol. The van der Waals surface area contributed by atoms with E-state index < -0.39 is 0 Å². The van der Waals surface area contributed by atoms with Crippen molar-refractivity contribution < 1.29 is 9.18 Å². The fourth-order valence-electron chi connectivity index (χ4n) is 2.62. The van der Waals surface area contributed by atoms with Crippen molar-refractivity contribution in [1.82, 2.24) is 15.1 Å². The highest BCUT2D eigenvalue weighted by Gasteiger charge is 2.20. The first kappa shape index (κ1) is 18.4. The van der Waals surface area contributed by atoms with E-state index in [-0.39, 0.29) is 23.4 Å². The summed E-state index contributed by atoms with van der Waals surface area (Å²) in [4.78, 5) is 12.5. The number of aromatic nitrogens is 2. The van der Waals surface area contributed by atoms with Crippen LogP contribution in [0.4, 0.5) is 4.39 Å². The molecule has 3 rings (SSSR count). The summed E-state index contributed by atoms with van der Waals surface area (Å²) >= 11 is 12.5. The Bertz CT molecular complexity index is 956. The van der Waals surface area contributed by atoms with E-state index in [1.807, 2.05) is 18.2 Å². The molecule has 0 radical (unpaired) electrons. The number of hydrogen-bond acceptors (Lipinski definition) is 2. The maximum atomic E-state index is 13.2. The van der Waals surface area contributed by atoms with Gasteiger partial charge in [-0.1, -0.05) is 53.5 Å². The molecule has 1 N–H and O–H groups in total. The van der Waals surface area contributed by atoms with Crippen molar-refractivity contribution in [3.8, 4) is 0 Å². The van der Waals surface area contributed by atoms with Crippen molar-refractivity contribution >= 4 is 29.1 Å². The Morgan fingerprint density at radius 1 is 1.19 bits per heavy atom. The number of benzene rings is 2. The van der Waals surface area contributed by atoms with Gasteiger partial charge in [0.25, 0.3) is 5.91 Å². The van der Waals surface area contributed by atoms with Crippen LogP contribution in [0.2, 0.25) is 10.2 Å². The summed E-state index contributed by atoms with van der Waals surface area (Å²) in [6.45, 7) is 2.27. The van der Waals surface area contributed by atoms with Crippen LogP contribution in [0.15, 0.2) is 48.5 Å². The van der Waals surface area contributed by atoms with Crippen molar-refractivity contribution in [2.45, 2.75) is 20.0 Å². The van der Waals surface area contributed by atoms with Gasteiger partial charge < -0.3 is 5.32 Å². The zero-order chi connectivity index (χ0) is 18.7. The molecule has 0 atom stereocenters. The number of rotatable bonds is 5. The molecule has 1 aromatic heterocycles. The normalized spacial score (nSPS) is 10.8. The van der Waals surface area contributed by atoms with Gasteiger partial charge in [-0.05, 0) is 36.2 Å². The third kappa shape index (κ3) is 4.06. The number of carbonyl (C=O) groups excluding carboxylic acids is 1. The Labute approximate surface area is 160 Å². The van der Waals surface area contributed by atoms with Crippen LogP contribution in [0, 0.1) is 12.7 Å². The van der Waals surface area contributed by atoms with Gasteiger partial charge in [-0.2, -0.15) is 5.10 Å². The molecule has 0 aliphatic heterocycles. The highest BCUT2D eigenvalue weighted by molar-refractivity contribution is 6.33. The van der Waals surface area contributed by atoms with Gasteiger partial charge in [0.1, 0.15) is 11.0 Å². The number of nitrogens with zero attached hydrogens (tertiary/aromatic N) is 2. The summed E-state index contributed by atoms with van der Waals surface area (Å²) in [6.07, 6.45) is 0. The SMILES string of the molecule is Cc1nn(Cc2ccccc2Cl)c(Cl)c1C(=O)NCc1cccc(F)c1. The van der Waals surface area contributed by atoms with E-state index in [0.717, 1.165) is 5.56 Å². The topological polar surface area (TPSA) is 46.9 Å². The van der Waals surface area contributed by atoms with Gasteiger partial charge in [0.15, 0.2) is 0 Å². The second-order valence-corrected chi connectivity index (χ2v) is 6.58. The quantitative estimate of drug-likeness (QED) is 0.689. The molecule has 0 saturated heterocycles. The molecule has 0 saturated carbocycles. The van der Waals surface area contributed by atoms with Crippen molar-refractivity contribution in [2.75, 3.05) is 0 Å². The molecule has 7 heteroatoms. The molecule has 0 unspecified atom stereocenters. The predicted molar refractivity (Wildman–Crippen MR) is 100 cm³/mol. The highest BCUT2D eigenvalue weighted by atomic mass is 35.5. The Morgan fingerprint density at radius 2 is 1.96 bits per heavy atom. The van der Waals surface area contributed by atoms with Crippen LogP contribution < -0.4 is 5.32 Å². The minimum atomic E-state index is -0.359. The summed E-state index contributed by atoms with van der Waals surface area (Å²) in [6, 6.07) is 13.4. The zero-order valence-electron chi connectivity index (χ0n) is 14.0. The van der Waals surface area contributed by atoms with Crippen LogP contribution in [0.25, 0.3) is 0 Å². The van der Waals surface area contributed by atoms with Gasteiger partial charge in [-0.3, -0.25) is 4.79 Å². The second kappa shape index (κ2) is 7.89. The van der Waals surface area contributed by atoms with Crippen LogP contribution in [-0.4, -0.2) is 15.7 Å². The predicted octanol–water partition coefficient (Wildman–Crippen LogP) is 4.62. The molecule has 0 fully saturated rings. The smallest absolute Gasteiger partial charge is 0.256 e. The number of halogens is 3. The largest absolute Gasteiger partial charge is 0.348 e. The summed E-state index contributed by atoms with van der Waals surface area (Å²) in [7, 11) is 0. The van der Waals surface area contributed by atoms with E-state index in [1.165, 1.54) is 16.8 Å². The molecule has 0 spiro atoms. The maximum absolute atomic E-state index is 13.2. The molecule has 26 heavy (non-hydrogen) atoms. The number of carbonyl (C=O) groups is 1. The molecule has 0 aliphatic rings. The van der Waals surface area contributed by atoms with Gasteiger partial charge >= 0.3 is 0 Å². The number of hydrogen-bond donors (Lipinski definition) is 1. The molecular weight excluding hydrogens is 376 g/mol. The Balaban J connectivity index is 1.77. The molecule has 0 aliphatic carbocycles. The fraction of sp³-hybridized carbons (Fsp3) is 0.158. The van der Waals surface area contributed by atoms with Crippen LogP contribution in [-0.2, 0) is 13.1 Å². The fourth-order valence-corrected chi connectivity index (χ4v) is 3.14. The van der Waals surface area contributed by atoms with Crippen molar-refractivity contribution in [2.24, 2.45) is 0 Å². The van der Waals surface area contributed by atoms with Gasteiger partial charge in [0.2, 0.25) is 0 Å². The van der Waals surface area contributed by atoms with Crippen molar-refractivity contribution in [3.63, 3.8) is 0 Å². The van der Waals surface area contributed by atoms with Crippen LogP contribution in [0.5, 0.6) is 0 Å². The Morgan fingerprint density at radius 3 is 2.69 bits per heavy atom. The third-order valence-electron chi connectivity index (χ3n) is 3.91. The first-order chi connectivity index (χ1) is 12.5. The lowest BCUT2D eigenvalue weighted by molar-refractivity contribution is 0.0950. The first-order valence-corrected chi connectivity index (χ1v) is 8.70. The maximum Gasteiger partial charge on any atom is 0.256 e. The molecule has 1 heterocycles. The van der Waals surface area contributed by atoms with E-state index in [0.29, 0.717) is 28.4 Å². The van der Waals surface area contributed by atoms with E-state index in [4.69, 9.17) is 23.2 Å². The summed E-state index contributed by atoms with van der Waals surface area (Å²) in [5.41, 5.74) is 2.33. The van der Waals surface area contributed by atoms with E-state index in [1.54, 1.807) is 25.1 Å². The molecule has 4 nitrogen and oxygen atoms in total. The van der Waals surface area contributed by atoms with Gasteiger partial charge in [0, 0.05) is 11.6 Å². The van der Waals surface area contributed by atoms with Crippen molar-refractivity contribution in [1.29, 1.82) is 0 Å². The lowest BCUT2D eigenvalue weighted by Crippen LogP contribution is -2.23. The molecule has 134 valence electrons. The summed E-state index contributed by atoms with van der Waals surface area (Å²) in [5, 5.41) is 7.93. The van der Waals surface area contributed by atoms with Crippen molar-refractivity contribution in [3.05, 3.63) is 86.9 Å². The van der Waals surface area contributed by atoms with Crippen LogP contribution >= 0.6 is 23.2 Å². The van der Waals surface area contributed by atoms with Gasteiger partial charge in [-0.25, -0.2) is 9.07 Å². The minimum Gasteiger partial charge on any atom is -0.348 e. The van der Waals surface area contributed by atoms with Gasteiger partial charge in [-0.15, -0.1) is 0 Å². The second-order valence-electron chi connectivity index (χ2n) is 5.81. The minimum absolute atomic E-state index is 0.196. The summed E-state index contributed by atoms with van der Waals surface area (Å²) < 4.78 is 14.8. The third-order valence-corrected chi connectivity index (χ3v) is 4.67. The van der Waals surface area contributed by atoms with E-state index in [9.17, 15) is 9.18 Å². The average molecular weight is 392 g/mol. The lowest BCUT2D eigenvalue weighted by Gasteiger charge is -2.07. The van der Waals surface area contributed by atoms with E-state index in [2.05, 4.69) is 10.4 Å². The molecule has 1 amide bonds. The molecule has 3 aromatic rings. The highest BCUT2D eigenvalue weighted by Crippen LogP contribution is 2.23. The summed E-state index contributed by atoms with van der Waals surface area (Å²) in [5.74, 6) is -0.708. The lowest BCUT2D eigenvalue weighted by atomic mass is 10.2. The standard InChI is InChI=1S/C19H16Cl2FN3O/c1-12-17(19(26)23-10-13-5-4-7-15(22)9-13)18(21)25(24-12)11-14-6-2-3-8-16(14)20/h2-9H,10-11H2,1H3,(H,23,26). The number of nitrogens with one attached hydrogen (secondary N) is 1. The number of amides is 1.